The number of carbonyl (C=O) groups excluding carboxylic acids is 4. The van der Waals surface area contributed by atoms with Gasteiger partial charge in [0, 0.05) is 25.7 Å². The zero-order valence-corrected chi connectivity index (χ0v) is 59.1. The molecule has 0 bridgehead atoms. The molecule has 0 aliphatic carbocycles. The third-order valence-corrected chi connectivity index (χ3v) is 18.1. The molecule has 0 radical (unpaired) electrons. The maximum absolute atomic E-state index is 13.0. The Hall–Kier alpha value is -1.94. The summed E-state index contributed by atoms with van der Waals surface area (Å²) in [4.78, 5) is 72.5. The van der Waals surface area contributed by atoms with Crippen LogP contribution in [-0.2, 0) is 65.4 Å². The molecule has 0 aromatic heterocycles. The average Bonchev–Trinajstić information content (AvgIpc) is 3.58. The van der Waals surface area contributed by atoms with Crippen LogP contribution in [0, 0.1) is 23.7 Å². The van der Waals surface area contributed by atoms with E-state index < -0.39 is 97.5 Å². The Morgan fingerprint density at radius 1 is 0.318 bits per heavy atom. The molecule has 0 aromatic rings. The van der Waals surface area contributed by atoms with Crippen LogP contribution in [-0.4, -0.2) is 96.7 Å². The number of carbonyl (C=O) groups is 4. The highest BCUT2D eigenvalue weighted by Crippen LogP contribution is 2.45. The van der Waals surface area contributed by atoms with Crippen LogP contribution in [0.2, 0.25) is 0 Å². The van der Waals surface area contributed by atoms with Gasteiger partial charge < -0.3 is 33.8 Å². The molecule has 0 saturated carbocycles. The van der Waals surface area contributed by atoms with E-state index in [0.717, 1.165) is 120 Å². The molecule has 0 amide bonds. The molecule has 88 heavy (non-hydrogen) atoms. The molecule has 0 rings (SSSR count). The number of phosphoric ester groups is 2. The van der Waals surface area contributed by atoms with Crippen LogP contribution in [0.15, 0.2) is 0 Å². The predicted octanol–water partition coefficient (Wildman–Crippen LogP) is 19.3. The number of rotatable bonds is 66. The van der Waals surface area contributed by atoms with Crippen LogP contribution in [0.3, 0.4) is 0 Å². The van der Waals surface area contributed by atoms with Gasteiger partial charge in [0.2, 0.25) is 0 Å². The molecule has 0 fully saturated rings. The van der Waals surface area contributed by atoms with Crippen molar-refractivity contribution in [1.29, 1.82) is 0 Å². The number of phosphoric acid groups is 2. The molecule has 0 aromatic carbocycles. The lowest BCUT2D eigenvalue weighted by molar-refractivity contribution is -0.161. The minimum Gasteiger partial charge on any atom is -0.462 e. The van der Waals surface area contributed by atoms with Gasteiger partial charge in [-0.3, -0.25) is 37.3 Å². The van der Waals surface area contributed by atoms with Gasteiger partial charge in [0.1, 0.15) is 19.3 Å². The molecule has 0 saturated heterocycles. The summed E-state index contributed by atoms with van der Waals surface area (Å²) in [6.07, 6.45) is 40.4. The maximum atomic E-state index is 13.0. The average molecular weight is 1300 g/mol. The topological polar surface area (TPSA) is 237 Å². The van der Waals surface area contributed by atoms with Gasteiger partial charge >= 0.3 is 39.5 Å². The lowest BCUT2D eigenvalue weighted by Crippen LogP contribution is -2.30. The number of esters is 4. The van der Waals surface area contributed by atoms with Gasteiger partial charge in [-0.15, -0.1) is 0 Å². The third kappa shape index (κ3) is 61.6. The first-order valence-electron chi connectivity index (χ1n) is 35.7. The van der Waals surface area contributed by atoms with Gasteiger partial charge in [-0.1, -0.05) is 287 Å². The third-order valence-electron chi connectivity index (χ3n) is 16.2. The first kappa shape index (κ1) is 86.1. The predicted molar refractivity (Wildman–Crippen MR) is 354 cm³/mol. The van der Waals surface area contributed by atoms with Crippen LogP contribution < -0.4 is 0 Å². The van der Waals surface area contributed by atoms with Crippen molar-refractivity contribution in [3.8, 4) is 0 Å². The Labute approximate surface area is 537 Å². The van der Waals surface area contributed by atoms with Gasteiger partial charge in [0.15, 0.2) is 12.2 Å². The van der Waals surface area contributed by atoms with Crippen molar-refractivity contribution in [3.05, 3.63) is 0 Å². The summed E-state index contributed by atoms with van der Waals surface area (Å²) in [6.45, 7) is 14.0. The van der Waals surface area contributed by atoms with Gasteiger partial charge in [-0.25, -0.2) is 9.13 Å². The summed E-state index contributed by atoms with van der Waals surface area (Å²) in [5, 5.41) is 10.6. The number of aliphatic hydroxyl groups excluding tert-OH is 1. The lowest BCUT2D eigenvalue weighted by atomic mass is 10.00. The molecule has 4 unspecified atom stereocenters. The standard InChI is InChI=1S/C69H134O17P2/c1-9-62(8)48-40-32-27-28-34-42-50-67(72)80-56-65(86-68(73)51-43-35-24-18-14-12-10-11-13-16-21-29-37-45-59(2)3)58-84-88(77,78)82-54-63(70)53-81-87(75,76)83-57-64(55-79-66(71)49-41-33-26-20-23-31-39-47-61(6)7)85-69(74)52-44-36-25-19-15-17-22-30-38-46-60(4)5/h59-65,70H,9-58H2,1-8H3,(H,75,76)(H,77,78)/t62?,63?,64-,65-/m1/s1. The monoisotopic (exact) mass is 1300 g/mol. The van der Waals surface area contributed by atoms with Crippen molar-refractivity contribution in [2.75, 3.05) is 39.6 Å². The van der Waals surface area contributed by atoms with Crippen LogP contribution in [0.25, 0.3) is 0 Å². The molecular weight excluding hydrogens is 1160 g/mol. The number of hydrogen-bond donors (Lipinski definition) is 3. The molecule has 17 nitrogen and oxygen atoms in total. The summed E-state index contributed by atoms with van der Waals surface area (Å²) < 4.78 is 68.2. The largest absolute Gasteiger partial charge is 0.472 e. The summed E-state index contributed by atoms with van der Waals surface area (Å²) >= 11 is 0. The maximum Gasteiger partial charge on any atom is 0.472 e. The summed E-state index contributed by atoms with van der Waals surface area (Å²) in [7, 11) is -9.90. The molecule has 0 aliphatic rings. The van der Waals surface area contributed by atoms with Crippen molar-refractivity contribution >= 4 is 39.5 Å². The highest BCUT2D eigenvalue weighted by molar-refractivity contribution is 7.47. The van der Waals surface area contributed by atoms with E-state index in [2.05, 4.69) is 55.4 Å². The van der Waals surface area contributed by atoms with Crippen LogP contribution >= 0.6 is 15.6 Å². The Balaban J connectivity index is 5.24. The minimum atomic E-state index is -4.95. The molecule has 522 valence electrons. The second kappa shape index (κ2) is 58.8. The Kier molecular flexibility index (Phi) is 57.6. The zero-order valence-electron chi connectivity index (χ0n) is 57.3. The van der Waals surface area contributed by atoms with Crippen molar-refractivity contribution in [1.82, 2.24) is 0 Å². The molecule has 3 N–H and O–H groups in total. The van der Waals surface area contributed by atoms with Gasteiger partial charge in [0.05, 0.1) is 26.4 Å². The molecule has 6 atom stereocenters. The van der Waals surface area contributed by atoms with Gasteiger partial charge in [-0.05, 0) is 49.4 Å². The van der Waals surface area contributed by atoms with Crippen molar-refractivity contribution < 1.29 is 80.2 Å². The van der Waals surface area contributed by atoms with E-state index in [9.17, 15) is 43.2 Å². The zero-order chi connectivity index (χ0) is 65.4. The first-order chi connectivity index (χ1) is 42.1. The van der Waals surface area contributed by atoms with Crippen molar-refractivity contribution in [3.63, 3.8) is 0 Å². The lowest BCUT2D eigenvalue weighted by Gasteiger charge is -2.21. The Bertz CT molecular complexity index is 1750. The number of hydrogen-bond acceptors (Lipinski definition) is 15. The number of ether oxygens (including phenoxy) is 4. The highest BCUT2D eigenvalue weighted by atomic mass is 31.2. The molecule has 0 spiro atoms. The van der Waals surface area contributed by atoms with E-state index in [1.807, 2.05) is 0 Å². The van der Waals surface area contributed by atoms with Gasteiger partial charge in [-0.2, -0.15) is 0 Å². The van der Waals surface area contributed by atoms with Crippen molar-refractivity contribution in [2.24, 2.45) is 23.7 Å². The van der Waals surface area contributed by atoms with Crippen molar-refractivity contribution in [2.45, 2.75) is 356 Å². The van der Waals surface area contributed by atoms with Crippen LogP contribution in [0.1, 0.15) is 338 Å². The molecule has 0 aliphatic heterocycles. The second-order valence-electron chi connectivity index (χ2n) is 26.6. The second-order valence-corrected chi connectivity index (χ2v) is 29.5. The smallest absolute Gasteiger partial charge is 0.462 e. The SMILES string of the molecule is CCC(C)CCCCCCCCC(=O)OC[C@H](COP(=O)(O)OCC(O)COP(=O)(O)OC[C@@H](COC(=O)CCCCCCCCCC(C)C)OC(=O)CCCCCCCCCCCC(C)C)OC(=O)CCCCCCCCCCCCCCCC(C)C. The van der Waals surface area contributed by atoms with Crippen LogP contribution in [0.5, 0.6) is 0 Å². The fourth-order valence-corrected chi connectivity index (χ4v) is 11.9. The van der Waals surface area contributed by atoms with E-state index in [4.69, 9.17) is 37.0 Å². The highest BCUT2D eigenvalue weighted by Gasteiger charge is 2.30. The minimum absolute atomic E-state index is 0.104. The Morgan fingerprint density at radius 2 is 0.545 bits per heavy atom. The molecule has 19 heteroatoms. The summed E-state index contributed by atoms with van der Waals surface area (Å²) in [5.41, 5.74) is 0. The normalized spacial score (nSPS) is 14.6. The molecular formula is C69H134O17P2. The summed E-state index contributed by atoms with van der Waals surface area (Å²) in [6, 6.07) is 0. The van der Waals surface area contributed by atoms with Gasteiger partial charge in [0.25, 0.3) is 0 Å². The number of aliphatic hydroxyl groups is 1. The van der Waals surface area contributed by atoms with E-state index in [-0.39, 0.29) is 25.7 Å². The first-order valence-corrected chi connectivity index (χ1v) is 38.7. The Morgan fingerprint density at radius 3 is 0.807 bits per heavy atom. The van der Waals surface area contributed by atoms with E-state index in [1.165, 1.54) is 128 Å². The van der Waals surface area contributed by atoms with Crippen LogP contribution in [0.4, 0.5) is 0 Å². The quantitative estimate of drug-likeness (QED) is 0.0222. The molecule has 0 heterocycles. The summed E-state index contributed by atoms with van der Waals surface area (Å²) in [5.74, 6) is 0.826. The fraction of sp³-hybridized carbons (Fsp3) is 0.942. The van der Waals surface area contributed by atoms with E-state index in [0.29, 0.717) is 31.6 Å². The number of unbranched alkanes of at least 4 members (excludes halogenated alkanes) is 31. The van der Waals surface area contributed by atoms with E-state index >= 15 is 0 Å². The fourth-order valence-electron chi connectivity index (χ4n) is 10.3. The van der Waals surface area contributed by atoms with E-state index in [1.54, 1.807) is 0 Å².